The SMILES string of the molecule is CCCC(C#N)(CCC)C(=O)N(C)c1ccc(CC)cc1. The van der Waals surface area contributed by atoms with Crippen LogP contribution in [0.15, 0.2) is 24.3 Å². The molecule has 114 valence electrons. The van der Waals surface area contributed by atoms with Crippen LogP contribution in [0.25, 0.3) is 0 Å². The minimum Gasteiger partial charge on any atom is -0.314 e. The van der Waals surface area contributed by atoms with Crippen molar-refractivity contribution in [3.05, 3.63) is 29.8 Å². The summed E-state index contributed by atoms with van der Waals surface area (Å²) in [5, 5.41) is 9.59. The Morgan fingerprint density at radius 1 is 1.14 bits per heavy atom. The van der Waals surface area contributed by atoms with E-state index in [1.165, 1.54) is 5.56 Å². The summed E-state index contributed by atoms with van der Waals surface area (Å²) in [6.07, 6.45) is 3.89. The second kappa shape index (κ2) is 7.83. The molecule has 0 unspecified atom stereocenters. The van der Waals surface area contributed by atoms with Gasteiger partial charge in [0.2, 0.25) is 5.91 Å². The van der Waals surface area contributed by atoms with E-state index in [0.717, 1.165) is 24.9 Å². The Morgan fingerprint density at radius 3 is 2.05 bits per heavy atom. The topological polar surface area (TPSA) is 44.1 Å². The van der Waals surface area contributed by atoms with Crippen molar-refractivity contribution in [2.45, 2.75) is 52.9 Å². The van der Waals surface area contributed by atoms with Crippen molar-refractivity contribution in [2.75, 3.05) is 11.9 Å². The van der Waals surface area contributed by atoms with Gasteiger partial charge in [-0.25, -0.2) is 0 Å². The third kappa shape index (κ3) is 3.85. The van der Waals surface area contributed by atoms with Crippen molar-refractivity contribution in [3.63, 3.8) is 0 Å². The summed E-state index contributed by atoms with van der Waals surface area (Å²) in [5.41, 5.74) is 1.21. The number of carbonyl (C=O) groups excluding carboxylic acids is 1. The highest BCUT2D eigenvalue weighted by molar-refractivity contribution is 5.98. The fraction of sp³-hybridized carbons (Fsp3) is 0.556. The molecule has 0 radical (unpaired) electrons. The zero-order valence-electron chi connectivity index (χ0n) is 13.6. The largest absolute Gasteiger partial charge is 0.314 e. The lowest BCUT2D eigenvalue weighted by Crippen LogP contribution is -2.41. The second-order valence-electron chi connectivity index (χ2n) is 5.58. The minimum absolute atomic E-state index is 0.0852. The number of amides is 1. The summed E-state index contributed by atoms with van der Waals surface area (Å²) in [7, 11) is 1.76. The highest BCUT2D eigenvalue weighted by atomic mass is 16.2. The third-order valence-corrected chi connectivity index (χ3v) is 4.01. The Balaban J connectivity index is 3.04. The number of aryl methyl sites for hydroxylation is 1. The average Bonchev–Trinajstić information content (AvgIpc) is 2.53. The van der Waals surface area contributed by atoms with Crippen LogP contribution >= 0.6 is 0 Å². The molecule has 1 amide bonds. The van der Waals surface area contributed by atoms with Crippen molar-refractivity contribution >= 4 is 11.6 Å². The van der Waals surface area contributed by atoms with Crippen LogP contribution in [0.1, 0.15) is 52.0 Å². The molecule has 3 heteroatoms. The molecule has 0 heterocycles. The number of benzene rings is 1. The van der Waals surface area contributed by atoms with Gasteiger partial charge in [-0.2, -0.15) is 5.26 Å². The van der Waals surface area contributed by atoms with Crippen molar-refractivity contribution in [3.8, 4) is 6.07 Å². The summed E-state index contributed by atoms with van der Waals surface area (Å²) in [6.45, 7) is 6.14. The van der Waals surface area contributed by atoms with E-state index in [-0.39, 0.29) is 5.91 Å². The van der Waals surface area contributed by atoms with E-state index in [0.29, 0.717) is 12.8 Å². The number of carbonyl (C=O) groups is 1. The van der Waals surface area contributed by atoms with E-state index in [1.807, 2.05) is 38.1 Å². The maximum absolute atomic E-state index is 12.8. The quantitative estimate of drug-likeness (QED) is 0.749. The van der Waals surface area contributed by atoms with Gasteiger partial charge in [0, 0.05) is 12.7 Å². The molecule has 1 rings (SSSR count). The van der Waals surface area contributed by atoms with Crippen LogP contribution in [0, 0.1) is 16.7 Å². The highest BCUT2D eigenvalue weighted by Gasteiger charge is 2.39. The lowest BCUT2D eigenvalue weighted by Gasteiger charge is -2.30. The number of rotatable bonds is 7. The molecule has 0 aliphatic heterocycles. The van der Waals surface area contributed by atoms with Crippen LogP contribution in [0.5, 0.6) is 0 Å². The predicted octanol–water partition coefficient (Wildman–Crippen LogP) is 4.32. The van der Waals surface area contributed by atoms with Gasteiger partial charge in [0.1, 0.15) is 5.41 Å². The average molecular weight is 286 g/mol. The molecule has 0 atom stereocenters. The summed E-state index contributed by atoms with van der Waals surface area (Å²) in [6, 6.07) is 10.3. The fourth-order valence-electron chi connectivity index (χ4n) is 2.75. The molecule has 0 bridgehead atoms. The molecule has 0 aliphatic rings. The molecule has 0 saturated carbocycles. The first-order chi connectivity index (χ1) is 10.0. The Hall–Kier alpha value is -1.82. The van der Waals surface area contributed by atoms with Gasteiger partial charge in [0.05, 0.1) is 6.07 Å². The van der Waals surface area contributed by atoms with Gasteiger partial charge < -0.3 is 4.90 Å². The van der Waals surface area contributed by atoms with Crippen LogP contribution in [-0.2, 0) is 11.2 Å². The second-order valence-corrected chi connectivity index (χ2v) is 5.58. The van der Waals surface area contributed by atoms with Gasteiger partial charge in [-0.15, -0.1) is 0 Å². The zero-order valence-corrected chi connectivity index (χ0v) is 13.6. The summed E-state index contributed by atoms with van der Waals surface area (Å²) in [4.78, 5) is 14.5. The molecular weight excluding hydrogens is 260 g/mol. The van der Waals surface area contributed by atoms with Gasteiger partial charge in [0.15, 0.2) is 0 Å². The standard InChI is InChI=1S/C18H26N2O/c1-5-12-18(14-19,13-6-2)17(21)20(4)16-10-8-15(7-3)9-11-16/h8-11H,5-7,12-13H2,1-4H3. The van der Waals surface area contributed by atoms with E-state index in [9.17, 15) is 10.1 Å². The first-order valence-corrected chi connectivity index (χ1v) is 7.83. The number of anilines is 1. The monoisotopic (exact) mass is 286 g/mol. The molecule has 1 aromatic rings. The highest BCUT2D eigenvalue weighted by Crippen LogP contribution is 2.33. The molecule has 0 aliphatic carbocycles. The molecule has 0 spiro atoms. The number of nitrogens with zero attached hydrogens (tertiary/aromatic N) is 2. The lowest BCUT2D eigenvalue weighted by atomic mass is 9.79. The Bertz CT molecular complexity index is 493. The zero-order chi connectivity index (χ0) is 15.9. The molecular formula is C18H26N2O. The van der Waals surface area contributed by atoms with Crippen molar-refractivity contribution in [2.24, 2.45) is 5.41 Å². The fourth-order valence-corrected chi connectivity index (χ4v) is 2.75. The normalized spacial score (nSPS) is 11.0. The summed E-state index contributed by atoms with van der Waals surface area (Å²) in [5.74, 6) is -0.0852. The van der Waals surface area contributed by atoms with Gasteiger partial charge in [-0.1, -0.05) is 45.7 Å². The van der Waals surface area contributed by atoms with Gasteiger partial charge in [-0.3, -0.25) is 4.79 Å². The predicted molar refractivity (Wildman–Crippen MR) is 87.1 cm³/mol. The van der Waals surface area contributed by atoms with E-state index in [2.05, 4.69) is 13.0 Å². The van der Waals surface area contributed by atoms with Crippen molar-refractivity contribution < 1.29 is 4.79 Å². The number of hydrogen-bond donors (Lipinski definition) is 0. The molecule has 0 aromatic heterocycles. The summed E-state index contributed by atoms with van der Waals surface area (Å²) >= 11 is 0. The first kappa shape index (κ1) is 17.2. The molecule has 21 heavy (non-hydrogen) atoms. The van der Waals surface area contributed by atoms with Crippen LogP contribution in [0.2, 0.25) is 0 Å². The van der Waals surface area contributed by atoms with Crippen LogP contribution in [0.4, 0.5) is 5.69 Å². The van der Waals surface area contributed by atoms with Gasteiger partial charge in [0.25, 0.3) is 0 Å². The van der Waals surface area contributed by atoms with Crippen LogP contribution in [-0.4, -0.2) is 13.0 Å². The maximum Gasteiger partial charge on any atom is 0.247 e. The summed E-state index contributed by atoms with van der Waals surface area (Å²) < 4.78 is 0. The maximum atomic E-state index is 12.8. The molecule has 1 aromatic carbocycles. The van der Waals surface area contributed by atoms with Crippen LogP contribution < -0.4 is 4.90 Å². The Morgan fingerprint density at radius 2 is 1.67 bits per heavy atom. The minimum atomic E-state index is -0.887. The smallest absolute Gasteiger partial charge is 0.247 e. The van der Waals surface area contributed by atoms with Gasteiger partial charge >= 0.3 is 0 Å². The Kier molecular flexibility index (Phi) is 6.42. The third-order valence-electron chi connectivity index (χ3n) is 4.01. The number of nitriles is 1. The molecule has 0 N–H and O–H groups in total. The van der Waals surface area contributed by atoms with E-state index in [4.69, 9.17) is 0 Å². The Labute approximate surface area is 128 Å². The first-order valence-electron chi connectivity index (χ1n) is 7.83. The van der Waals surface area contributed by atoms with Crippen molar-refractivity contribution in [1.82, 2.24) is 0 Å². The number of hydrogen-bond acceptors (Lipinski definition) is 2. The molecule has 0 saturated heterocycles. The van der Waals surface area contributed by atoms with E-state index in [1.54, 1.807) is 11.9 Å². The van der Waals surface area contributed by atoms with Crippen LogP contribution in [0.3, 0.4) is 0 Å². The molecule has 3 nitrogen and oxygen atoms in total. The molecule has 0 fully saturated rings. The lowest BCUT2D eigenvalue weighted by molar-refractivity contribution is -0.125. The van der Waals surface area contributed by atoms with Crippen molar-refractivity contribution in [1.29, 1.82) is 5.26 Å². The van der Waals surface area contributed by atoms with E-state index < -0.39 is 5.41 Å². The van der Waals surface area contributed by atoms with Gasteiger partial charge in [-0.05, 0) is 37.0 Å². The van der Waals surface area contributed by atoms with E-state index >= 15 is 0 Å².